The summed E-state index contributed by atoms with van der Waals surface area (Å²) in [5, 5.41) is 23.2. The van der Waals surface area contributed by atoms with Gasteiger partial charge < -0.3 is 20.3 Å². The van der Waals surface area contributed by atoms with Crippen LogP contribution in [0.3, 0.4) is 0 Å². The number of aliphatic hydroxyl groups is 2. The van der Waals surface area contributed by atoms with E-state index in [1.54, 1.807) is 6.08 Å². The zero-order chi connectivity index (χ0) is 51.4. The van der Waals surface area contributed by atoms with Crippen molar-refractivity contribution in [1.82, 2.24) is 5.32 Å². The highest BCUT2D eigenvalue weighted by molar-refractivity contribution is 5.76. The third-order valence-electron chi connectivity index (χ3n) is 15.0. The summed E-state index contributed by atoms with van der Waals surface area (Å²) in [7, 11) is 0. The van der Waals surface area contributed by atoms with Crippen LogP contribution in [0, 0.1) is 0 Å². The van der Waals surface area contributed by atoms with Gasteiger partial charge >= 0.3 is 5.97 Å². The second-order valence-electron chi connectivity index (χ2n) is 22.1. The van der Waals surface area contributed by atoms with E-state index in [-0.39, 0.29) is 18.5 Å². The van der Waals surface area contributed by atoms with Crippen LogP contribution >= 0.6 is 0 Å². The van der Waals surface area contributed by atoms with Crippen molar-refractivity contribution in [2.75, 3.05) is 13.2 Å². The lowest BCUT2D eigenvalue weighted by Gasteiger charge is -2.20. The summed E-state index contributed by atoms with van der Waals surface area (Å²) in [4.78, 5) is 24.6. The van der Waals surface area contributed by atoms with Gasteiger partial charge in [-0.1, -0.05) is 308 Å². The van der Waals surface area contributed by atoms with Crippen molar-refractivity contribution >= 4 is 11.9 Å². The van der Waals surface area contributed by atoms with E-state index in [0.717, 1.165) is 57.8 Å². The Labute approximate surface area is 443 Å². The van der Waals surface area contributed by atoms with Crippen molar-refractivity contribution in [1.29, 1.82) is 0 Å². The lowest BCUT2D eigenvalue weighted by Crippen LogP contribution is -2.45. The molecule has 0 aliphatic carbocycles. The number of ether oxygens (including phenoxy) is 1. The van der Waals surface area contributed by atoms with E-state index in [1.807, 2.05) is 6.08 Å². The van der Waals surface area contributed by atoms with Crippen LogP contribution in [0.2, 0.25) is 0 Å². The molecule has 0 saturated carbocycles. The third-order valence-corrected chi connectivity index (χ3v) is 15.0. The number of carbonyl (C=O) groups excluding carboxylic acids is 2. The average Bonchev–Trinajstić information content (AvgIpc) is 3.37. The second kappa shape index (κ2) is 60.9. The fraction of sp³-hybridized carbons (Fsp3) is 0.908. The Morgan fingerprint density at radius 3 is 1.00 bits per heavy atom. The SMILES string of the molecule is CCCCCCCCC/C=C\CCCCCCCCCC(=O)OCCCCCCCCCCCCCCCC(=O)NC(CO)C(O)/C=C/CCCCCCCCCCCCCCCCCCCCCCC. The van der Waals surface area contributed by atoms with Gasteiger partial charge in [-0.25, -0.2) is 0 Å². The molecular weight excluding hydrogens is 875 g/mol. The average molecular weight is 1000 g/mol. The molecule has 6 nitrogen and oxygen atoms in total. The molecule has 2 atom stereocenters. The Morgan fingerprint density at radius 2 is 0.662 bits per heavy atom. The quantitative estimate of drug-likeness (QED) is 0.0320. The van der Waals surface area contributed by atoms with E-state index in [0.29, 0.717) is 19.4 Å². The predicted molar refractivity (Wildman–Crippen MR) is 310 cm³/mol. The lowest BCUT2D eigenvalue weighted by atomic mass is 10.0. The molecule has 6 heteroatoms. The number of carbonyl (C=O) groups is 2. The molecule has 420 valence electrons. The van der Waals surface area contributed by atoms with Crippen molar-refractivity contribution in [3.8, 4) is 0 Å². The number of esters is 1. The Bertz CT molecular complexity index is 1110. The van der Waals surface area contributed by atoms with Gasteiger partial charge in [0.05, 0.1) is 25.4 Å². The summed E-state index contributed by atoms with van der Waals surface area (Å²) in [6.07, 6.45) is 75.0. The number of rotatable bonds is 60. The van der Waals surface area contributed by atoms with Gasteiger partial charge in [0.25, 0.3) is 0 Å². The van der Waals surface area contributed by atoms with Crippen LogP contribution in [0.5, 0.6) is 0 Å². The minimum atomic E-state index is -0.854. The minimum absolute atomic E-state index is 0.00877. The predicted octanol–water partition coefficient (Wildman–Crippen LogP) is 20.2. The summed E-state index contributed by atoms with van der Waals surface area (Å²) in [5.74, 6) is -0.0860. The molecule has 0 bridgehead atoms. The largest absolute Gasteiger partial charge is 0.466 e. The van der Waals surface area contributed by atoms with E-state index in [1.165, 1.54) is 270 Å². The number of hydrogen-bond donors (Lipinski definition) is 3. The number of allylic oxidation sites excluding steroid dienone is 3. The van der Waals surface area contributed by atoms with E-state index in [2.05, 4.69) is 31.3 Å². The molecule has 71 heavy (non-hydrogen) atoms. The van der Waals surface area contributed by atoms with Crippen LogP contribution < -0.4 is 5.32 Å². The van der Waals surface area contributed by atoms with E-state index in [4.69, 9.17) is 4.74 Å². The first kappa shape index (κ1) is 69.3. The van der Waals surface area contributed by atoms with E-state index in [9.17, 15) is 19.8 Å². The van der Waals surface area contributed by atoms with Crippen LogP contribution in [-0.4, -0.2) is 47.4 Å². The molecule has 0 spiro atoms. The first-order chi connectivity index (χ1) is 35.0. The Balaban J connectivity index is 3.46. The number of amides is 1. The van der Waals surface area contributed by atoms with Crippen LogP contribution in [0.4, 0.5) is 0 Å². The Hall–Kier alpha value is -1.66. The van der Waals surface area contributed by atoms with Crippen molar-refractivity contribution in [3.63, 3.8) is 0 Å². The van der Waals surface area contributed by atoms with Crippen molar-refractivity contribution in [2.24, 2.45) is 0 Å². The molecule has 0 fully saturated rings. The van der Waals surface area contributed by atoms with Gasteiger partial charge in [-0.2, -0.15) is 0 Å². The topological polar surface area (TPSA) is 95.9 Å². The number of unbranched alkanes of at least 4 members (excludes halogenated alkanes) is 47. The molecule has 2 unspecified atom stereocenters. The summed E-state index contributed by atoms with van der Waals surface area (Å²) < 4.78 is 5.49. The summed E-state index contributed by atoms with van der Waals surface area (Å²) in [6, 6.07) is -0.639. The molecule has 0 aromatic heterocycles. The number of nitrogens with one attached hydrogen (secondary N) is 1. The molecule has 1 amide bonds. The highest BCUT2D eigenvalue weighted by Gasteiger charge is 2.18. The van der Waals surface area contributed by atoms with Crippen molar-refractivity contribution < 1.29 is 24.5 Å². The van der Waals surface area contributed by atoms with Gasteiger partial charge in [0.2, 0.25) is 5.91 Å². The monoisotopic (exact) mass is 1000 g/mol. The Kier molecular flexibility index (Phi) is 59.5. The molecule has 0 heterocycles. The highest BCUT2D eigenvalue weighted by atomic mass is 16.5. The molecule has 0 rings (SSSR count). The maximum absolute atomic E-state index is 12.5. The fourth-order valence-electron chi connectivity index (χ4n) is 10.0. The molecule has 0 aromatic rings. The van der Waals surface area contributed by atoms with E-state index >= 15 is 0 Å². The second-order valence-corrected chi connectivity index (χ2v) is 22.1. The summed E-state index contributed by atoms with van der Waals surface area (Å²) >= 11 is 0. The van der Waals surface area contributed by atoms with Gasteiger partial charge in [0.1, 0.15) is 0 Å². The van der Waals surface area contributed by atoms with Crippen molar-refractivity contribution in [3.05, 3.63) is 24.3 Å². The fourth-order valence-corrected chi connectivity index (χ4v) is 10.0. The minimum Gasteiger partial charge on any atom is -0.466 e. The van der Waals surface area contributed by atoms with Crippen LogP contribution in [0.25, 0.3) is 0 Å². The highest BCUT2D eigenvalue weighted by Crippen LogP contribution is 2.18. The van der Waals surface area contributed by atoms with Crippen LogP contribution in [-0.2, 0) is 14.3 Å². The molecular formula is C65H125NO5. The Morgan fingerprint density at radius 1 is 0.380 bits per heavy atom. The van der Waals surface area contributed by atoms with Crippen LogP contribution in [0.1, 0.15) is 354 Å². The first-order valence-electron chi connectivity index (χ1n) is 32.1. The maximum Gasteiger partial charge on any atom is 0.305 e. The molecule has 0 aromatic carbocycles. The molecule has 0 radical (unpaired) electrons. The lowest BCUT2D eigenvalue weighted by molar-refractivity contribution is -0.143. The molecule has 3 N–H and O–H groups in total. The molecule has 0 aliphatic heterocycles. The normalized spacial score (nSPS) is 12.7. The zero-order valence-corrected chi connectivity index (χ0v) is 48.0. The van der Waals surface area contributed by atoms with Gasteiger partial charge in [-0.05, 0) is 57.8 Å². The smallest absolute Gasteiger partial charge is 0.305 e. The summed E-state index contributed by atoms with van der Waals surface area (Å²) in [6.45, 7) is 4.90. The zero-order valence-electron chi connectivity index (χ0n) is 48.0. The van der Waals surface area contributed by atoms with Gasteiger partial charge in [0.15, 0.2) is 0 Å². The maximum atomic E-state index is 12.5. The molecule has 0 saturated heterocycles. The first-order valence-corrected chi connectivity index (χ1v) is 32.1. The van der Waals surface area contributed by atoms with Gasteiger partial charge in [-0.15, -0.1) is 0 Å². The number of hydrogen-bond acceptors (Lipinski definition) is 5. The third kappa shape index (κ3) is 57.5. The molecule has 0 aliphatic rings. The van der Waals surface area contributed by atoms with Gasteiger partial charge in [-0.3, -0.25) is 9.59 Å². The van der Waals surface area contributed by atoms with Crippen molar-refractivity contribution in [2.45, 2.75) is 366 Å². The summed E-state index contributed by atoms with van der Waals surface area (Å²) in [5.41, 5.74) is 0. The van der Waals surface area contributed by atoms with E-state index < -0.39 is 12.1 Å². The van der Waals surface area contributed by atoms with Crippen LogP contribution in [0.15, 0.2) is 24.3 Å². The standard InChI is InChI=1S/C65H125NO5/c1-3-5-7-9-11-13-15-17-19-21-23-24-25-26-27-28-30-33-37-41-45-49-53-57-63(68)62(61-67)66-64(69)58-54-50-46-42-38-34-32-36-40-44-48-52-56-60-71-65(70)59-55-51-47-43-39-35-31-29-22-20-18-16-14-12-10-8-6-4-2/h20,22,53,57,62-63,67-68H,3-19,21,23-52,54-56,58-61H2,1-2H3,(H,66,69)/b22-20-,57-53+. The van der Waals surface area contributed by atoms with Gasteiger partial charge in [0, 0.05) is 12.8 Å². The number of aliphatic hydroxyl groups excluding tert-OH is 2.